The first-order valence-corrected chi connectivity index (χ1v) is 5.05. The molecule has 0 spiro atoms. The van der Waals surface area contributed by atoms with E-state index in [1.54, 1.807) is 12.1 Å². The SMILES string of the molecule is CC(C)=NNc1cc(Cl)c(Cl)cc1Cl. The summed E-state index contributed by atoms with van der Waals surface area (Å²) in [6.45, 7) is 3.75. The van der Waals surface area contributed by atoms with Crippen LogP contribution >= 0.6 is 34.8 Å². The van der Waals surface area contributed by atoms with Crippen molar-refractivity contribution in [3.63, 3.8) is 0 Å². The minimum absolute atomic E-state index is 0.430. The minimum Gasteiger partial charge on any atom is -0.277 e. The van der Waals surface area contributed by atoms with Crippen LogP contribution in [0, 0.1) is 0 Å². The van der Waals surface area contributed by atoms with Gasteiger partial charge in [0.2, 0.25) is 0 Å². The van der Waals surface area contributed by atoms with E-state index in [1.807, 2.05) is 13.8 Å². The van der Waals surface area contributed by atoms with Gasteiger partial charge in [-0.25, -0.2) is 0 Å². The number of halogens is 3. The number of nitrogens with zero attached hydrogens (tertiary/aromatic N) is 1. The second-order valence-corrected chi connectivity index (χ2v) is 4.14. The van der Waals surface area contributed by atoms with E-state index in [2.05, 4.69) is 10.5 Å². The Morgan fingerprint density at radius 1 is 1.07 bits per heavy atom. The van der Waals surface area contributed by atoms with Gasteiger partial charge in [0.1, 0.15) is 0 Å². The molecule has 0 aromatic heterocycles. The Morgan fingerprint density at radius 2 is 1.64 bits per heavy atom. The summed E-state index contributed by atoms with van der Waals surface area (Å²) in [7, 11) is 0. The van der Waals surface area contributed by atoms with Crippen molar-refractivity contribution in [2.24, 2.45) is 5.10 Å². The molecule has 0 fully saturated rings. The van der Waals surface area contributed by atoms with E-state index in [1.165, 1.54) is 0 Å². The van der Waals surface area contributed by atoms with Crippen molar-refractivity contribution < 1.29 is 0 Å². The van der Waals surface area contributed by atoms with Crippen LogP contribution in [0.3, 0.4) is 0 Å². The minimum atomic E-state index is 0.430. The average Bonchev–Trinajstić information content (AvgIpc) is 2.09. The van der Waals surface area contributed by atoms with E-state index in [9.17, 15) is 0 Å². The monoisotopic (exact) mass is 250 g/mol. The van der Waals surface area contributed by atoms with Crippen LogP contribution in [-0.2, 0) is 0 Å². The standard InChI is InChI=1S/C9H9Cl3N2/c1-5(2)13-14-9-4-7(11)6(10)3-8(9)12/h3-4,14H,1-2H3. The summed E-state index contributed by atoms with van der Waals surface area (Å²) < 4.78 is 0. The van der Waals surface area contributed by atoms with Gasteiger partial charge in [-0.1, -0.05) is 34.8 Å². The highest BCUT2D eigenvalue weighted by Gasteiger charge is 2.04. The predicted molar refractivity (Wildman–Crippen MR) is 63.9 cm³/mol. The molecule has 0 saturated heterocycles. The summed E-state index contributed by atoms with van der Waals surface area (Å²) in [5.41, 5.74) is 4.33. The van der Waals surface area contributed by atoms with Crippen molar-refractivity contribution in [1.29, 1.82) is 0 Å². The second-order valence-electron chi connectivity index (χ2n) is 2.92. The number of anilines is 1. The highest BCUT2D eigenvalue weighted by Crippen LogP contribution is 2.32. The molecule has 0 atom stereocenters. The first-order chi connectivity index (χ1) is 6.50. The number of nitrogens with one attached hydrogen (secondary N) is 1. The zero-order valence-corrected chi connectivity index (χ0v) is 10.0. The molecule has 0 unspecified atom stereocenters. The predicted octanol–water partition coefficient (Wildman–Crippen LogP) is 4.45. The smallest absolute Gasteiger partial charge is 0.0763 e. The van der Waals surface area contributed by atoms with Gasteiger partial charge in [-0.05, 0) is 26.0 Å². The van der Waals surface area contributed by atoms with Crippen molar-refractivity contribution in [2.45, 2.75) is 13.8 Å². The van der Waals surface area contributed by atoms with Crippen molar-refractivity contribution in [2.75, 3.05) is 5.43 Å². The molecule has 14 heavy (non-hydrogen) atoms. The van der Waals surface area contributed by atoms with Crippen LogP contribution in [0.4, 0.5) is 5.69 Å². The third kappa shape index (κ3) is 3.05. The fraction of sp³-hybridized carbons (Fsp3) is 0.222. The lowest BCUT2D eigenvalue weighted by atomic mass is 10.3. The zero-order chi connectivity index (χ0) is 10.7. The highest BCUT2D eigenvalue weighted by molar-refractivity contribution is 6.44. The first-order valence-electron chi connectivity index (χ1n) is 3.92. The van der Waals surface area contributed by atoms with Crippen LogP contribution in [-0.4, -0.2) is 5.71 Å². The molecule has 0 bridgehead atoms. The van der Waals surface area contributed by atoms with Gasteiger partial charge in [0, 0.05) is 5.71 Å². The maximum absolute atomic E-state index is 5.91. The number of hydrogen-bond donors (Lipinski definition) is 1. The van der Waals surface area contributed by atoms with Gasteiger partial charge in [-0.2, -0.15) is 5.10 Å². The van der Waals surface area contributed by atoms with Gasteiger partial charge in [0.15, 0.2) is 0 Å². The van der Waals surface area contributed by atoms with Crippen molar-refractivity contribution >= 4 is 46.2 Å². The van der Waals surface area contributed by atoms with Gasteiger partial charge in [-0.15, -0.1) is 0 Å². The highest BCUT2D eigenvalue weighted by atomic mass is 35.5. The van der Waals surface area contributed by atoms with Gasteiger partial charge in [-0.3, -0.25) is 5.43 Å². The molecule has 76 valence electrons. The Balaban J connectivity index is 2.98. The maximum atomic E-state index is 5.91. The molecule has 0 aliphatic heterocycles. The fourth-order valence-electron chi connectivity index (χ4n) is 0.780. The van der Waals surface area contributed by atoms with Crippen LogP contribution in [0.15, 0.2) is 17.2 Å². The molecule has 0 amide bonds. The van der Waals surface area contributed by atoms with Gasteiger partial charge < -0.3 is 0 Å². The quantitative estimate of drug-likeness (QED) is 0.468. The lowest BCUT2D eigenvalue weighted by Gasteiger charge is -2.05. The molecule has 0 heterocycles. The van der Waals surface area contributed by atoms with Crippen LogP contribution in [0.2, 0.25) is 15.1 Å². The summed E-state index contributed by atoms with van der Waals surface area (Å²) in [5.74, 6) is 0. The number of rotatable bonds is 2. The summed E-state index contributed by atoms with van der Waals surface area (Å²) in [6, 6.07) is 3.22. The van der Waals surface area contributed by atoms with E-state index in [0.717, 1.165) is 5.71 Å². The Labute approximate surface area is 97.9 Å². The summed E-state index contributed by atoms with van der Waals surface area (Å²) in [4.78, 5) is 0. The normalized spacial score (nSPS) is 9.79. The van der Waals surface area contributed by atoms with Gasteiger partial charge in [0.05, 0.1) is 20.8 Å². The van der Waals surface area contributed by atoms with E-state index in [4.69, 9.17) is 34.8 Å². The Hall–Kier alpha value is -0.440. The molecule has 1 N–H and O–H groups in total. The Morgan fingerprint density at radius 3 is 2.21 bits per heavy atom. The summed E-state index contributed by atoms with van der Waals surface area (Å²) in [6.07, 6.45) is 0. The van der Waals surface area contributed by atoms with Crippen LogP contribution in [0.25, 0.3) is 0 Å². The first kappa shape index (κ1) is 11.6. The van der Waals surface area contributed by atoms with Crippen LogP contribution in [0.1, 0.15) is 13.8 Å². The van der Waals surface area contributed by atoms with Crippen molar-refractivity contribution in [3.05, 3.63) is 27.2 Å². The third-order valence-corrected chi connectivity index (χ3v) is 2.44. The molecule has 1 aromatic carbocycles. The molecule has 0 radical (unpaired) electrons. The number of hydrogen-bond acceptors (Lipinski definition) is 2. The summed E-state index contributed by atoms with van der Waals surface area (Å²) in [5, 5.41) is 5.37. The van der Waals surface area contributed by atoms with Gasteiger partial charge >= 0.3 is 0 Å². The molecular formula is C9H9Cl3N2. The lowest BCUT2D eigenvalue weighted by molar-refractivity contribution is 1.32. The average molecular weight is 252 g/mol. The van der Waals surface area contributed by atoms with E-state index in [0.29, 0.717) is 20.8 Å². The Kier molecular flexibility index (Phi) is 4.05. The van der Waals surface area contributed by atoms with E-state index < -0.39 is 0 Å². The topological polar surface area (TPSA) is 24.4 Å². The molecule has 0 aliphatic rings. The molecular weight excluding hydrogens is 242 g/mol. The number of hydrazone groups is 1. The molecule has 0 aliphatic carbocycles. The van der Waals surface area contributed by atoms with Gasteiger partial charge in [0.25, 0.3) is 0 Å². The van der Waals surface area contributed by atoms with Crippen molar-refractivity contribution in [3.8, 4) is 0 Å². The second kappa shape index (κ2) is 4.87. The van der Waals surface area contributed by atoms with Crippen molar-refractivity contribution in [1.82, 2.24) is 0 Å². The maximum Gasteiger partial charge on any atom is 0.0763 e. The molecule has 1 rings (SSSR count). The molecule has 0 saturated carbocycles. The number of benzene rings is 1. The third-order valence-electron chi connectivity index (χ3n) is 1.41. The Bertz CT molecular complexity index is 371. The molecule has 5 heteroatoms. The zero-order valence-electron chi connectivity index (χ0n) is 7.74. The van der Waals surface area contributed by atoms with Crippen LogP contribution in [0.5, 0.6) is 0 Å². The molecule has 2 nitrogen and oxygen atoms in total. The van der Waals surface area contributed by atoms with E-state index >= 15 is 0 Å². The van der Waals surface area contributed by atoms with Crippen LogP contribution < -0.4 is 5.43 Å². The lowest BCUT2D eigenvalue weighted by Crippen LogP contribution is -1.93. The van der Waals surface area contributed by atoms with E-state index in [-0.39, 0.29) is 0 Å². The molecule has 1 aromatic rings. The fourth-order valence-corrected chi connectivity index (χ4v) is 1.37. The largest absolute Gasteiger partial charge is 0.277 e. The summed E-state index contributed by atoms with van der Waals surface area (Å²) >= 11 is 17.5.